The molecule has 4 nitrogen and oxygen atoms in total. The van der Waals surface area contributed by atoms with Gasteiger partial charge in [0, 0.05) is 10.7 Å². The highest BCUT2D eigenvalue weighted by Crippen LogP contribution is 2.29. The second kappa shape index (κ2) is 8.80. The predicted molar refractivity (Wildman–Crippen MR) is 95.9 cm³/mol. The number of hydrogen-bond acceptors (Lipinski definition) is 3. The van der Waals surface area contributed by atoms with Crippen LogP contribution in [0.3, 0.4) is 0 Å². The summed E-state index contributed by atoms with van der Waals surface area (Å²) in [5.74, 6) is -0.374. The smallest absolute Gasteiger partial charge is 0.422 e. The van der Waals surface area contributed by atoms with Crippen LogP contribution in [0.15, 0.2) is 42.5 Å². The first-order valence-corrected chi connectivity index (χ1v) is 8.27. The number of carbonyl (C=O) groups excluding carboxylic acids is 1. The third kappa shape index (κ3) is 6.15. The van der Waals surface area contributed by atoms with Gasteiger partial charge >= 0.3 is 6.18 Å². The molecule has 0 fully saturated rings. The quantitative estimate of drug-likeness (QED) is 0.712. The van der Waals surface area contributed by atoms with Crippen molar-refractivity contribution in [2.45, 2.75) is 19.5 Å². The minimum absolute atomic E-state index is 0.0338. The van der Waals surface area contributed by atoms with Crippen LogP contribution in [0.5, 0.6) is 5.75 Å². The van der Waals surface area contributed by atoms with Gasteiger partial charge in [-0.05, 0) is 36.2 Å². The molecule has 0 bridgehead atoms. The standard InChI is InChI=1S/C18H18ClF3N2O2/c1-2-12-5-3-4-6-14(12)24-17(25)10-23-15-9-13(19)7-8-16(15)26-11-18(20,21)22/h3-9,23H,2,10-11H2,1H3,(H,24,25). The average Bonchev–Trinajstić information content (AvgIpc) is 2.59. The fraction of sp³-hybridized carbons (Fsp3) is 0.278. The van der Waals surface area contributed by atoms with Crippen molar-refractivity contribution in [3.63, 3.8) is 0 Å². The third-order valence-corrected chi connectivity index (χ3v) is 3.68. The molecule has 0 aliphatic carbocycles. The molecule has 2 N–H and O–H groups in total. The number of nitrogens with one attached hydrogen (secondary N) is 2. The van der Waals surface area contributed by atoms with Crippen LogP contribution in [0.25, 0.3) is 0 Å². The molecule has 0 aromatic heterocycles. The van der Waals surface area contributed by atoms with Crippen LogP contribution in [-0.2, 0) is 11.2 Å². The molecule has 1 amide bonds. The molecule has 140 valence electrons. The summed E-state index contributed by atoms with van der Waals surface area (Å²) in [5, 5.41) is 5.83. The Hall–Kier alpha value is -2.41. The first kappa shape index (κ1) is 19.9. The van der Waals surface area contributed by atoms with E-state index in [2.05, 4.69) is 10.6 Å². The van der Waals surface area contributed by atoms with Crippen LogP contribution in [0.2, 0.25) is 5.02 Å². The summed E-state index contributed by atoms with van der Waals surface area (Å²) < 4.78 is 41.8. The second-order valence-electron chi connectivity index (χ2n) is 5.46. The van der Waals surface area contributed by atoms with E-state index in [0.29, 0.717) is 10.7 Å². The first-order chi connectivity index (χ1) is 12.3. The lowest BCUT2D eigenvalue weighted by atomic mass is 10.1. The van der Waals surface area contributed by atoms with Gasteiger partial charge in [0.25, 0.3) is 0 Å². The molecular formula is C18H18ClF3N2O2. The summed E-state index contributed by atoms with van der Waals surface area (Å²) in [4.78, 5) is 12.1. The van der Waals surface area contributed by atoms with Gasteiger partial charge in [-0.3, -0.25) is 4.79 Å². The molecule has 2 aromatic carbocycles. The molecule has 0 aliphatic heterocycles. The minimum atomic E-state index is -4.46. The molecule has 0 saturated carbocycles. The Bertz CT molecular complexity index is 766. The maximum atomic E-state index is 12.3. The van der Waals surface area contributed by atoms with Crippen molar-refractivity contribution in [3.8, 4) is 5.75 Å². The summed E-state index contributed by atoms with van der Waals surface area (Å²) in [6.07, 6.45) is -3.70. The summed E-state index contributed by atoms with van der Waals surface area (Å²) in [5.41, 5.74) is 1.89. The lowest BCUT2D eigenvalue weighted by Gasteiger charge is -2.15. The zero-order valence-electron chi connectivity index (χ0n) is 14.0. The van der Waals surface area contributed by atoms with Crippen molar-refractivity contribution in [2.24, 2.45) is 0 Å². The van der Waals surface area contributed by atoms with E-state index in [-0.39, 0.29) is 23.9 Å². The van der Waals surface area contributed by atoms with Crippen LogP contribution in [0, 0.1) is 0 Å². The number of para-hydroxylation sites is 1. The number of aryl methyl sites for hydroxylation is 1. The van der Waals surface area contributed by atoms with E-state index in [9.17, 15) is 18.0 Å². The maximum Gasteiger partial charge on any atom is 0.422 e. The van der Waals surface area contributed by atoms with E-state index in [1.807, 2.05) is 25.1 Å². The summed E-state index contributed by atoms with van der Waals surface area (Å²) in [7, 11) is 0. The number of alkyl halides is 3. The SMILES string of the molecule is CCc1ccccc1NC(=O)CNc1cc(Cl)ccc1OCC(F)(F)F. The zero-order chi connectivity index (χ0) is 19.2. The molecule has 0 aliphatic rings. The van der Waals surface area contributed by atoms with Crippen molar-refractivity contribution < 1.29 is 22.7 Å². The van der Waals surface area contributed by atoms with Gasteiger partial charge in [-0.2, -0.15) is 13.2 Å². The maximum absolute atomic E-state index is 12.3. The normalized spacial score (nSPS) is 11.1. The van der Waals surface area contributed by atoms with Gasteiger partial charge in [0.15, 0.2) is 6.61 Å². The highest BCUT2D eigenvalue weighted by Gasteiger charge is 2.28. The summed E-state index contributed by atoms with van der Waals surface area (Å²) in [6.45, 7) is 0.389. The van der Waals surface area contributed by atoms with Gasteiger partial charge in [-0.1, -0.05) is 36.7 Å². The molecule has 0 spiro atoms. The highest BCUT2D eigenvalue weighted by atomic mass is 35.5. The van der Waals surface area contributed by atoms with Crippen LogP contribution >= 0.6 is 11.6 Å². The van der Waals surface area contributed by atoms with Crippen molar-refractivity contribution in [1.29, 1.82) is 0 Å². The number of halogens is 4. The molecule has 26 heavy (non-hydrogen) atoms. The topological polar surface area (TPSA) is 50.4 Å². The lowest BCUT2D eigenvalue weighted by Crippen LogP contribution is -2.23. The Balaban J connectivity index is 2.01. The third-order valence-electron chi connectivity index (χ3n) is 3.44. The molecule has 0 atom stereocenters. The summed E-state index contributed by atoms with van der Waals surface area (Å²) >= 11 is 5.87. The molecule has 2 aromatic rings. The Labute approximate surface area is 154 Å². The molecule has 0 radical (unpaired) electrons. The molecule has 2 rings (SSSR count). The van der Waals surface area contributed by atoms with Gasteiger partial charge < -0.3 is 15.4 Å². The molecule has 0 saturated heterocycles. The Morgan fingerprint density at radius 3 is 2.58 bits per heavy atom. The number of hydrogen-bond donors (Lipinski definition) is 2. The van der Waals surface area contributed by atoms with Gasteiger partial charge in [-0.25, -0.2) is 0 Å². The van der Waals surface area contributed by atoms with E-state index in [1.165, 1.54) is 18.2 Å². The van der Waals surface area contributed by atoms with Gasteiger partial charge in [-0.15, -0.1) is 0 Å². The number of amides is 1. The monoisotopic (exact) mass is 386 g/mol. The van der Waals surface area contributed by atoms with Crippen molar-refractivity contribution >= 4 is 28.9 Å². The predicted octanol–water partition coefficient (Wildman–Crippen LogP) is 4.89. The zero-order valence-corrected chi connectivity index (χ0v) is 14.7. The van der Waals surface area contributed by atoms with E-state index < -0.39 is 12.8 Å². The minimum Gasteiger partial charge on any atom is -0.482 e. The fourth-order valence-corrected chi connectivity index (χ4v) is 2.42. The van der Waals surface area contributed by atoms with Crippen LogP contribution < -0.4 is 15.4 Å². The van der Waals surface area contributed by atoms with E-state index in [0.717, 1.165) is 12.0 Å². The molecule has 8 heteroatoms. The fourth-order valence-electron chi connectivity index (χ4n) is 2.25. The second-order valence-corrected chi connectivity index (χ2v) is 5.89. The van der Waals surface area contributed by atoms with Gasteiger partial charge in [0.2, 0.25) is 5.91 Å². The van der Waals surface area contributed by atoms with Crippen LogP contribution in [-0.4, -0.2) is 25.2 Å². The summed E-state index contributed by atoms with van der Waals surface area (Å²) in [6, 6.07) is 11.5. The number of carbonyl (C=O) groups is 1. The number of rotatable bonds is 7. The average molecular weight is 387 g/mol. The Morgan fingerprint density at radius 2 is 1.88 bits per heavy atom. The highest BCUT2D eigenvalue weighted by molar-refractivity contribution is 6.30. The van der Waals surface area contributed by atoms with Crippen molar-refractivity contribution in [3.05, 3.63) is 53.1 Å². The number of benzene rings is 2. The Morgan fingerprint density at radius 1 is 1.15 bits per heavy atom. The number of anilines is 2. The molecule has 0 heterocycles. The first-order valence-electron chi connectivity index (χ1n) is 7.89. The van der Waals surface area contributed by atoms with Crippen LogP contribution in [0.4, 0.5) is 24.5 Å². The van der Waals surface area contributed by atoms with Gasteiger partial charge in [0.1, 0.15) is 5.75 Å². The van der Waals surface area contributed by atoms with E-state index in [4.69, 9.17) is 16.3 Å². The van der Waals surface area contributed by atoms with E-state index in [1.54, 1.807) is 6.07 Å². The number of ether oxygens (including phenoxy) is 1. The van der Waals surface area contributed by atoms with Crippen LogP contribution in [0.1, 0.15) is 12.5 Å². The molecular weight excluding hydrogens is 369 g/mol. The Kier molecular flexibility index (Phi) is 6.74. The largest absolute Gasteiger partial charge is 0.482 e. The van der Waals surface area contributed by atoms with Crippen molar-refractivity contribution in [1.82, 2.24) is 0 Å². The van der Waals surface area contributed by atoms with Gasteiger partial charge in [0.05, 0.1) is 12.2 Å². The van der Waals surface area contributed by atoms with E-state index >= 15 is 0 Å². The van der Waals surface area contributed by atoms with Crippen molar-refractivity contribution in [2.75, 3.05) is 23.8 Å². The lowest BCUT2D eigenvalue weighted by molar-refractivity contribution is -0.153. The molecule has 0 unspecified atom stereocenters.